The van der Waals surface area contributed by atoms with E-state index in [1.54, 1.807) is 12.1 Å². The topological polar surface area (TPSA) is 58.4 Å². The van der Waals surface area contributed by atoms with Crippen LogP contribution in [0.15, 0.2) is 18.2 Å². The first-order valence-electron chi connectivity index (χ1n) is 6.80. The zero-order chi connectivity index (χ0) is 14.4. The maximum Gasteiger partial charge on any atom is 0.251 e. The molecule has 0 spiro atoms. The van der Waals surface area contributed by atoms with Gasteiger partial charge in [0.05, 0.1) is 0 Å². The van der Waals surface area contributed by atoms with Gasteiger partial charge in [0, 0.05) is 30.4 Å². The number of hydrogen-bond donors (Lipinski definition) is 2. The number of nitrogens with two attached hydrogens (primary N) is 1. The number of nitrogens with one attached hydrogen (secondary N) is 1. The molecule has 1 atom stereocenters. The second kappa shape index (κ2) is 7.14. The van der Waals surface area contributed by atoms with Crippen LogP contribution in [0.25, 0.3) is 0 Å². The van der Waals surface area contributed by atoms with Gasteiger partial charge in [-0.25, -0.2) is 0 Å². The molecule has 0 fully saturated rings. The van der Waals surface area contributed by atoms with E-state index in [4.69, 9.17) is 5.73 Å². The predicted molar refractivity (Wildman–Crippen MR) is 80.3 cm³/mol. The summed E-state index contributed by atoms with van der Waals surface area (Å²) in [4.78, 5) is 14.3. The first kappa shape index (κ1) is 15.5. The summed E-state index contributed by atoms with van der Waals surface area (Å²) >= 11 is 0. The third-order valence-electron chi connectivity index (χ3n) is 3.59. The molecule has 0 saturated carbocycles. The molecule has 0 aliphatic carbocycles. The third kappa shape index (κ3) is 4.56. The lowest BCUT2D eigenvalue weighted by atomic mass is 10.1. The smallest absolute Gasteiger partial charge is 0.251 e. The zero-order valence-corrected chi connectivity index (χ0v) is 12.4. The van der Waals surface area contributed by atoms with E-state index in [0.29, 0.717) is 23.8 Å². The molecule has 0 heterocycles. The number of rotatable bonds is 6. The molecule has 0 saturated heterocycles. The Balaban J connectivity index is 2.47. The highest BCUT2D eigenvalue weighted by molar-refractivity contribution is 5.95. The minimum atomic E-state index is -0.0324. The van der Waals surface area contributed by atoms with Crippen LogP contribution in [-0.4, -0.2) is 37.0 Å². The lowest BCUT2D eigenvalue weighted by Gasteiger charge is -2.23. The Morgan fingerprint density at radius 2 is 2.16 bits per heavy atom. The molecule has 4 nitrogen and oxygen atoms in total. The number of carbonyl (C=O) groups excluding carboxylic acids is 1. The molecule has 1 aromatic rings. The van der Waals surface area contributed by atoms with E-state index < -0.39 is 0 Å². The van der Waals surface area contributed by atoms with E-state index in [2.05, 4.69) is 31.1 Å². The van der Waals surface area contributed by atoms with Crippen molar-refractivity contribution < 1.29 is 4.79 Å². The normalized spacial score (nSPS) is 12.5. The van der Waals surface area contributed by atoms with Gasteiger partial charge in [-0.1, -0.05) is 6.92 Å². The molecular weight excluding hydrogens is 238 g/mol. The van der Waals surface area contributed by atoms with Crippen molar-refractivity contribution in [1.29, 1.82) is 0 Å². The van der Waals surface area contributed by atoms with Gasteiger partial charge >= 0.3 is 0 Å². The number of aryl methyl sites for hydroxylation is 1. The van der Waals surface area contributed by atoms with Gasteiger partial charge in [-0.15, -0.1) is 0 Å². The minimum Gasteiger partial charge on any atom is -0.399 e. The monoisotopic (exact) mass is 263 g/mol. The molecule has 0 radical (unpaired) electrons. The first-order valence-corrected chi connectivity index (χ1v) is 6.80. The van der Waals surface area contributed by atoms with Crippen molar-refractivity contribution in [2.75, 3.05) is 25.9 Å². The number of nitrogens with zero attached hydrogens (tertiary/aromatic N) is 1. The second-order valence-corrected chi connectivity index (χ2v) is 5.07. The number of amides is 1. The molecule has 1 rings (SSSR count). The van der Waals surface area contributed by atoms with Crippen LogP contribution in [0, 0.1) is 6.92 Å². The fourth-order valence-electron chi connectivity index (χ4n) is 1.91. The van der Waals surface area contributed by atoms with Gasteiger partial charge in [0.2, 0.25) is 0 Å². The average Bonchev–Trinajstić information content (AvgIpc) is 2.37. The van der Waals surface area contributed by atoms with Crippen molar-refractivity contribution in [3.63, 3.8) is 0 Å². The number of carbonyl (C=O) groups is 1. The Hall–Kier alpha value is -1.55. The largest absolute Gasteiger partial charge is 0.399 e. The van der Waals surface area contributed by atoms with Crippen LogP contribution in [0.1, 0.15) is 36.2 Å². The molecule has 0 bridgehead atoms. The highest BCUT2D eigenvalue weighted by Crippen LogP contribution is 2.12. The fourth-order valence-corrected chi connectivity index (χ4v) is 1.91. The lowest BCUT2D eigenvalue weighted by Crippen LogP contribution is -2.37. The molecule has 0 aliphatic heterocycles. The molecule has 0 aromatic heterocycles. The summed E-state index contributed by atoms with van der Waals surface area (Å²) in [5.41, 5.74) is 7.97. The average molecular weight is 263 g/mol. The number of nitrogen functional groups attached to an aromatic ring is 1. The van der Waals surface area contributed by atoms with E-state index in [-0.39, 0.29) is 5.91 Å². The van der Waals surface area contributed by atoms with Gasteiger partial charge in [-0.3, -0.25) is 4.79 Å². The summed E-state index contributed by atoms with van der Waals surface area (Å²) in [6.45, 7) is 7.76. The molecular formula is C15H25N3O. The van der Waals surface area contributed by atoms with Gasteiger partial charge in [0.25, 0.3) is 5.91 Å². The summed E-state index contributed by atoms with van der Waals surface area (Å²) < 4.78 is 0. The van der Waals surface area contributed by atoms with E-state index >= 15 is 0 Å². The van der Waals surface area contributed by atoms with Crippen LogP contribution in [0.3, 0.4) is 0 Å². The summed E-state index contributed by atoms with van der Waals surface area (Å²) in [5, 5.41) is 2.95. The molecule has 1 unspecified atom stereocenters. The maximum absolute atomic E-state index is 12.0. The van der Waals surface area contributed by atoms with Crippen molar-refractivity contribution in [2.24, 2.45) is 0 Å². The van der Waals surface area contributed by atoms with Gasteiger partial charge in [-0.2, -0.15) is 0 Å². The minimum absolute atomic E-state index is 0.0324. The molecule has 4 heteroatoms. The highest BCUT2D eigenvalue weighted by Gasteiger charge is 2.10. The molecule has 19 heavy (non-hydrogen) atoms. The summed E-state index contributed by atoms with van der Waals surface area (Å²) in [5.74, 6) is -0.0324. The fraction of sp³-hybridized carbons (Fsp3) is 0.533. The Kier molecular flexibility index (Phi) is 5.83. The molecule has 0 aliphatic rings. The Morgan fingerprint density at radius 3 is 2.74 bits per heavy atom. The number of likely N-dealkylation sites (N-methyl/N-ethyl adjacent to an activating group) is 1. The van der Waals surface area contributed by atoms with Crippen molar-refractivity contribution in [3.8, 4) is 0 Å². The SMILES string of the molecule is CCC(C)N(C)CCNC(=O)c1ccc(N)cc1C. The van der Waals surface area contributed by atoms with E-state index in [9.17, 15) is 4.79 Å². The van der Waals surface area contributed by atoms with Crippen LogP contribution < -0.4 is 11.1 Å². The van der Waals surface area contributed by atoms with Gasteiger partial charge in [0.1, 0.15) is 0 Å². The van der Waals surface area contributed by atoms with Crippen molar-refractivity contribution >= 4 is 11.6 Å². The standard InChI is InChI=1S/C15H25N3O/c1-5-12(3)18(4)9-8-17-15(19)14-7-6-13(16)10-11(14)2/h6-7,10,12H,5,8-9,16H2,1-4H3,(H,17,19). The summed E-state index contributed by atoms with van der Waals surface area (Å²) in [6.07, 6.45) is 1.11. The van der Waals surface area contributed by atoms with Gasteiger partial charge < -0.3 is 16.0 Å². The second-order valence-electron chi connectivity index (χ2n) is 5.07. The molecule has 1 amide bonds. The number of hydrogen-bond acceptors (Lipinski definition) is 3. The van der Waals surface area contributed by atoms with Crippen LogP contribution in [0.4, 0.5) is 5.69 Å². The first-order chi connectivity index (χ1) is 8.95. The molecule has 1 aromatic carbocycles. The molecule has 106 valence electrons. The Morgan fingerprint density at radius 1 is 1.47 bits per heavy atom. The Labute approximate surface area is 116 Å². The highest BCUT2D eigenvalue weighted by atomic mass is 16.1. The Bertz CT molecular complexity index is 431. The van der Waals surface area contributed by atoms with Crippen molar-refractivity contribution in [2.45, 2.75) is 33.2 Å². The lowest BCUT2D eigenvalue weighted by molar-refractivity contribution is 0.0947. The number of anilines is 1. The van der Waals surface area contributed by atoms with Crippen LogP contribution in [-0.2, 0) is 0 Å². The predicted octanol–water partition coefficient (Wildman–Crippen LogP) is 2.04. The quantitative estimate of drug-likeness (QED) is 0.772. The summed E-state index contributed by atoms with van der Waals surface area (Å²) in [6, 6.07) is 5.89. The molecule has 3 N–H and O–H groups in total. The number of benzene rings is 1. The van der Waals surface area contributed by atoms with Crippen LogP contribution in [0.5, 0.6) is 0 Å². The van der Waals surface area contributed by atoms with E-state index in [0.717, 1.165) is 18.5 Å². The van der Waals surface area contributed by atoms with E-state index in [1.807, 2.05) is 13.0 Å². The van der Waals surface area contributed by atoms with Crippen molar-refractivity contribution in [3.05, 3.63) is 29.3 Å². The van der Waals surface area contributed by atoms with Gasteiger partial charge in [0.15, 0.2) is 0 Å². The van der Waals surface area contributed by atoms with Crippen molar-refractivity contribution in [1.82, 2.24) is 10.2 Å². The van der Waals surface area contributed by atoms with Crippen LogP contribution in [0.2, 0.25) is 0 Å². The van der Waals surface area contributed by atoms with Crippen LogP contribution >= 0.6 is 0 Å². The van der Waals surface area contributed by atoms with Gasteiger partial charge in [-0.05, 0) is 51.1 Å². The maximum atomic E-state index is 12.0. The van der Waals surface area contributed by atoms with E-state index in [1.165, 1.54) is 0 Å². The third-order valence-corrected chi connectivity index (χ3v) is 3.59. The zero-order valence-electron chi connectivity index (χ0n) is 12.4. The summed E-state index contributed by atoms with van der Waals surface area (Å²) in [7, 11) is 2.08.